The van der Waals surface area contributed by atoms with Gasteiger partial charge in [0, 0.05) is 32.7 Å². The van der Waals surface area contributed by atoms with Crippen LogP contribution in [0.1, 0.15) is 18.9 Å². The van der Waals surface area contributed by atoms with E-state index in [0.29, 0.717) is 45.6 Å². The lowest BCUT2D eigenvalue weighted by Gasteiger charge is -2.22. The molecular weight excluding hydrogens is 330 g/mol. The van der Waals surface area contributed by atoms with E-state index in [0.717, 1.165) is 11.3 Å². The van der Waals surface area contributed by atoms with Crippen molar-refractivity contribution in [2.75, 3.05) is 39.8 Å². The zero-order chi connectivity index (χ0) is 17.6. The summed E-state index contributed by atoms with van der Waals surface area (Å²) < 4.78 is 33.1. The number of rotatable bonds is 6. The quantitative estimate of drug-likeness (QED) is 0.812. The second-order valence-corrected chi connectivity index (χ2v) is 7.42. The Kier molecular flexibility index (Phi) is 6.59. The maximum absolute atomic E-state index is 12.5. The molecule has 0 aliphatic carbocycles. The first-order chi connectivity index (χ1) is 11.5. The number of hydrogen-bond donors (Lipinski definition) is 1. The van der Waals surface area contributed by atoms with E-state index in [-0.39, 0.29) is 5.91 Å². The van der Waals surface area contributed by atoms with Crippen LogP contribution in [0, 0.1) is 0 Å². The summed E-state index contributed by atoms with van der Waals surface area (Å²) in [6.45, 7) is 3.86. The average Bonchev–Trinajstić information content (AvgIpc) is 2.82. The standard InChI is InChI=1S/C16H25N3O4S/c1-3-17-24(21,22)19-10-4-9-18(11-12-19)16(20)13-14-5-7-15(23-2)8-6-14/h5-8,17H,3-4,9-13H2,1-2H3. The summed E-state index contributed by atoms with van der Waals surface area (Å²) in [7, 11) is -1.84. The van der Waals surface area contributed by atoms with E-state index < -0.39 is 10.2 Å². The van der Waals surface area contributed by atoms with Crippen molar-refractivity contribution in [2.45, 2.75) is 19.8 Å². The maximum atomic E-state index is 12.5. The van der Waals surface area contributed by atoms with Crippen LogP contribution >= 0.6 is 0 Å². The van der Waals surface area contributed by atoms with Crippen molar-refractivity contribution in [3.8, 4) is 5.75 Å². The third-order valence-corrected chi connectivity index (χ3v) is 5.69. The number of carbonyl (C=O) groups is 1. The summed E-state index contributed by atoms with van der Waals surface area (Å²) in [5.74, 6) is 0.771. The smallest absolute Gasteiger partial charge is 0.279 e. The molecule has 0 unspecified atom stereocenters. The normalized spacial score (nSPS) is 16.7. The monoisotopic (exact) mass is 355 g/mol. The van der Waals surface area contributed by atoms with Gasteiger partial charge in [-0.3, -0.25) is 4.79 Å². The Morgan fingerprint density at radius 1 is 1.17 bits per heavy atom. The fourth-order valence-corrected chi connectivity index (χ4v) is 3.93. The minimum Gasteiger partial charge on any atom is -0.497 e. The van der Waals surface area contributed by atoms with Gasteiger partial charge in [-0.2, -0.15) is 12.7 Å². The average molecular weight is 355 g/mol. The highest BCUT2D eigenvalue weighted by molar-refractivity contribution is 7.87. The summed E-state index contributed by atoms with van der Waals surface area (Å²) >= 11 is 0. The summed E-state index contributed by atoms with van der Waals surface area (Å²) in [4.78, 5) is 14.2. The first-order valence-electron chi connectivity index (χ1n) is 8.11. The molecule has 1 aliphatic rings. The van der Waals surface area contributed by atoms with E-state index in [1.807, 2.05) is 24.3 Å². The fourth-order valence-electron chi connectivity index (χ4n) is 2.69. The molecule has 1 aliphatic heterocycles. The van der Waals surface area contributed by atoms with Crippen LogP contribution in [0.4, 0.5) is 0 Å². The second-order valence-electron chi connectivity index (χ2n) is 5.66. The van der Waals surface area contributed by atoms with Crippen molar-refractivity contribution in [1.29, 1.82) is 0 Å². The van der Waals surface area contributed by atoms with Crippen molar-refractivity contribution in [3.05, 3.63) is 29.8 Å². The van der Waals surface area contributed by atoms with Gasteiger partial charge in [0.2, 0.25) is 5.91 Å². The number of ether oxygens (including phenoxy) is 1. The Bertz CT molecular complexity index is 646. The summed E-state index contributed by atoms with van der Waals surface area (Å²) in [6.07, 6.45) is 0.947. The first-order valence-corrected chi connectivity index (χ1v) is 9.55. The van der Waals surface area contributed by atoms with E-state index in [1.54, 1.807) is 18.9 Å². The van der Waals surface area contributed by atoms with Gasteiger partial charge in [-0.15, -0.1) is 0 Å². The van der Waals surface area contributed by atoms with Crippen molar-refractivity contribution < 1.29 is 17.9 Å². The lowest BCUT2D eigenvalue weighted by Crippen LogP contribution is -2.43. The van der Waals surface area contributed by atoms with Gasteiger partial charge in [0.15, 0.2) is 0 Å². The van der Waals surface area contributed by atoms with Gasteiger partial charge in [0.25, 0.3) is 10.2 Å². The second kappa shape index (κ2) is 8.46. The molecular formula is C16H25N3O4S. The zero-order valence-electron chi connectivity index (χ0n) is 14.2. The Labute approximate surface area is 143 Å². The van der Waals surface area contributed by atoms with Crippen LogP contribution in [0.5, 0.6) is 5.75 Å². The molecule has 7 nitrogen and oxygen atoms in total. The third kappa shape index (κ3) is 4.93. The number of nitrogens with zero attached hydrogens (tertiary/aromatic N) is 2. The molecule has 0 atom stereocenters. The molecule has 1 saturated heterocycles. The van der Waals surface area contributed by atoms with Gasteiger partial charge in [-0.1, -0.05) is 19.1 Å². The van der Waals surface area contributed by atoms with Crippen LogP contribution in [0.25, 0.3) is 0 Å². The fraction of sp³-hybridized carbons (Fsp3) is 0.562. The van der Waals surface area contributed by atoms with Gasteiger partial charge in [0.05, 0.1) is 13.5 Å². The molecule has 2 rings (SSSR count). The van der Waals surface area contributed by atoms with Crippen molar-refractivity contribution >= 4 is 16.1 Å². The number of hydrogen-bond acceptors (Lipinski definition) is 4. The van der Waals surface area contributed by atoms with Crippen LogP contribution in [-0.2, 0) is 21.4 Å². The van der Waals surface area contributed by atoms with E-state index in [9.17, 15) is 13.2 Å². The minimum absolute atomic E-state index is 0.0165. The molecule has 0 bridgehead atoms. The van der Waals surface area contributed by atoms with Gasteiger partial charge < -0.3 is 9.64 Å². The van der Waals surface area contributed by atoms with Crippen LogP contribution in [0.2, 0.25) is 0 Å². The number of methoxy groups -OCH3 is 1. The van der Waals surface area contributed by atoms with E-state index in [4.69, 9.17) is 4.74 Å². The molecule has 0 radical (unpaired) electrons. The van der Waals surface area contributed by atoms with Crippen LogP contribution in [0.3, 0.4) is 0 Å². The van der Waals surface area contributed by atoms with Crippen molar-refractivity contribution in [2.24, 2.45) is 0 Å². The Balaban J connectivity index is 1.93. The molecule has 0 saturated carbocycles. The van der Waals surface area contributed by atoms with E-state index in [1.165, 1.54) is 4.31 Å². The first kappa shape index (κ1) is 18.7. The Morgan fingerprint density at radius 2 is 1.88 bits per heavy atom. The highest BCUT2D eigenvalue weighted by Crippen LogP contribution is 2.13. The lowest BCUT2D eigenvalue weighted by atomic mass is 10.1. The number of carbonyl (C=O) groups excluding carboxylic acids is 1. The summed E-state index contributed by atoms with van der Waals surface area (Å²) in [5.41, 5.74) is 0.919. The SMILES string of the molecule is CCNS(=O)(=O)N1CCCN(C(=O)Cc2ccc(OC)cc2)CC1. The van der Waals surface area contributed by atoms with Gasteiger partial charge >= 0.3 is 0 Å². The largest absolute Gasteiger partial charge is 0.497 e. The highest BCUT2D eigenvalue weighted by atomic mass is 32.2. The molecule has 8 heteroatoms. The molecule has 1 aromatic carbocycles. The zero-order valence-corrected chi connectivity index (χ0v) is 15.0. The van der Waals surface area contributed by atoms with Gasteiger partial charge in [0.1, 0.15) is 5.75 Å². The van der Waals surface area contributed by atoms with Gasteiger partial charge in [-0.25, -0.2) is 4.72 Å². The molecule has 1 amide bonds. The van der Waals surface area contributed by atoms with E-state index >= 15 is 0 Å². The molecule has 0 spiro atoms. The van der Waals surface area contributed by atoms with Crippen LogP contribution in [-0.4, -0.2) is 63.4 Å². The van der Waals surface area contributed by atoms with Crippen molar-refractivity contribution in [1.82, 2.24) is 13.9 Å². The Hall–Kier alpha value is -1.64. The van der Waals surface area contributed by atoms with E-state index in [2.05, 4.69) is 4.72 Å². The molecule has 134 valence electrons. The minimum atomic E-state index is -3.44. The topological polar surface area (TPSA) is 79.0 Å². The molecule has 1 N–H and O–H groups in total. The molecule has 0 aromatic heterocycles. The third-order valence-electron chi connectivity index (χ3n) is 3.99. The maximum Gasteiger partial charge on any atom is 0.279 e. The van der Waals surface area contributed by atoms with Gasteiger partial charge in [-0.05, 0) is 24.1 Å². The number of nitrogens with one attached hydrogen (secondary N) is 1. The van der Waals surface area contributed by atoms with Crippen LogP contribution < -0.4 is 9.46 Å². The molecule has 24 heavy (non-hydrogen) atoms. The number of amides is 1. The Morgan fingerprint density at radius 3 is 2.50 bits per heavy atom. The summed E-state index contributed by atoms with van der Waals surface area (Å²) in [6, 6.07) is 7.40. The predicted octanol–water partition coefficient (Wildman–Crippen LogP) is 0.626. The molecule has 1 fully saturated rings. The summed E-state index contributed by atoms with van der Waals surface area (Å²) in [5, 5.41) is 0. The predicted molar refractivity (Wildman–Crippen MR) is 92.1 cm³/mol. The van der Waals surface area contributed by atoms with Crippen LogP contribution in [0.15, 0.2) is 24.3 Å². The molecule has 1 aromatic rings. The highest BCUT2D eigenvalue weighted by Gasteiger charge is 2.26. The molecule has 1 heterocycles. The number of benzene rings is 1. The van der Waals surface area contributed by atoms with Crippen molar-refractivity contribution in [3.63, 3.8) is 0 Å². The lowest BCUT2D eigenvalue weighted by molar-refractivity contribution is -0.130.